The number of hydrogen-bond acceptors (Lipinski definition) is 4. The quantitative estimate of drug-likeness (QED) is 0.550. The van der Waals surface area contributed by atoms with Gasteiger partial charge in [0.05, 0.1) is 20.5 Å². The molecular weight excluding hydrogens is 392 g/mol. The number of non-ortho nitro benzene ring substituents is 1. The van der Waals surface area contributed by atoms with E-state index >= 15 is 0 Å². The molecule has 1 unspecified atom stereocenters. The van der Waals surface area contributed by atoms with E-state index in [1.807, 2.05) is 0 Å². The third kappa shape index (κ3) is 4.43. The van der Waals surface area contributed by atoms with E-state index in [2.05, 4.69) is 44.1 Å². The molecule has 110 valence electrons. The van der Waals surface area contributed by atoms with Crippen LogP contribution >= 0.6 is 31.9 Å². The third-order valence-electron chi connectivity index (χ3n) is 3.04. The van der Waals surface area contributed by atoms with Gasteiger partial charge in [-0.3, -0.25) is 10.1 Å². The van der Waals surface area contributed by atoms with E-state index in [-0.39, 0.29) is 5.69 Å². The Bertz CT molecular complexity index is 483. The lowest BCUT2D eigenvalue weighted by molar-refractivity contribution is -0.385. The molecule has 0 amide bonds. The SMILES string of the molecule is CC(CNC1CC1)COc1c(Br)cc([N+](=O)[O-])cc1Br. The van der Waals surface area contributed by atoms with Gasteiger partial charge in [0.15, 0.2) is 0 Å². The van der Waals surface area contributed by atoms with Gasteiger partial charge < -0.3 is 10.1 Å². The molecule has 1 fully saturated rings. The molecule has 0 radical (unpaired) electrons. The van der Waals surface area contributed by atoms with Gasteiger partial charge in [0, 0.05) is 30.6 Å². The van der Waals surface area contributed by atoms with Gasteiger partial charge in [0.25, 0.3) is 5.69 Å². The lowest BCUT2D eigenvalue weighted by Crippen LogP contribution is -2.26. The summed E-state index contributed by atoms with van der Waals surface area (Å²) < 4.78 is 6.93. The zero-order valence-corrected chi connectivity index (χ0v) is 14.2. The number of nitrogens with one attached hydrogen (secondary N) is 1. The Morgan fingerprint density at radius 2 is 2.05 bits per heavy atom. The predicted molar refractivity (Wildman–Crippen MR) is 84.2 cm³/mol. The first-order valence-electron chi connectivity index (χ1n) is 6.47. The van der Waals surface area contributed by atoms with E-state index in [1.54, 1.807) is 0 Å². The molecule has 1 saturated carbocycles. The molecule has 5 nitrogen and oxygen atoms in total. The molecule has 1 atom stereocenters. The summed E-state index contributed by atoms with van der Waals surface area (Å²) in [5.74, 6) is 0.985. The minimum Gasteiger partial charge on any atom is -0.491 e. The predicted octanol–water partition coefficient (Wildman–Crippen LogP) is 3.89. The number of hydrogen-bond donors (Lipinski definition) is 1. The Morgan fingerprint density at radius 3 is 2.55 bits per heavy atom. The van der Waals surface area contributed by atoms with Crippen molar-refractivity contribution in [1.29, 1.82) is 0 Å². The van der Waals surface area contributed by atoms with Gasteiger partial charge in [0.1, 0.15) is 5.75 Å². The summed E-state index contributed by atoms with van der Waals surface area (Å²) in [5, 5.41) is 14.2. The average Bonchev–Trinajstić information content (AvgIpc) is 3.19. The average molecular weight is 408 g/mol. The van der Waals surface area contributed by atoms with Gasteiger partial charge in [-0.25, -0.2) is 0 Å². The smallest absolute Gasteiger partial charge is 0.271 e. The first-order chi connectivity index (χ1) is 9.47. The molecule has 0 spiro atoms. The number of halogens is 2. The summed E-state index contributed by atoms with van der Waals surface area (Å²) in [5.41, 5.74) is 0.0274. The minimum absolute atomic E-state index is 0.0274. The van der Waals surface area contributed by atoms with Crippen LogP contribution in [-0.2, 0) is 0 Å². The van der Waals surface area contributed by atoms with Gasteiger partial charge in [-0.1, -0.05) is 6.92 Å². The van der Waals surface area contributed by atoms with Crippen LogP contribution in [-0.4, -0.2) is 24.1 Å². The maximum Gasteiger partial charge on any atom is 0.271 e. The summed E-state index contributed by atoms with van der Waals surface area (Å²) in [6, 6.07) is 3.59. The summed E-state index contributed by atoms with van der Waals surface area (Å²) in [4.78, 5) is 10.3. The molecule has 7 heteroatoms. The fraction of sp³-hybridized carbons (Fsp3) is 0.538. The molecule has 0 aliphatic heterocycles. The largest absolute Gasteiger partial charge is 0.491 e. The summed E-state index contributed by atoms with van der Waals surface area (Å²) in [6.07, 6.45) is 2.54. The van der Waals surface area contributed by atoms with Gasteiger partial charge >= 0.3 is 0 Å². The van der Waals surface area contributed by atoms with Crippen molar-refractivity contribution in [2.45, 2.75) is 25.8 Å². The molecule has 1 N–H and O–H groups in total. The number of rotatable bonds is 7. The molecule has 20 heavy (non-hydrogen) atoms. The first kappa shape index (κ1) is 15.7. The minimum atomic E-state index is -0.429. The Hall–Kier alpha value is -0.660. The Morgan fingerprint density at radius 1 is 1.45 bits per heavy atom. The summed E-state index contributed by atoms with van der Waals surface area (Å²) in [7, 11) is 0. The van der Waals surface area contributed by atoms with E-state index in [1.165, 1.54) is 25.0 Å². The number of benzene rings is 1. The van der Waals surface area contributed by atoms with E-state index < -0.39 is 4.92 Å². The number of nitro groups is 1. The molecule has 2 rings (SSSR count). The third-order valence-corrected chi connectivity index (χ3v) is 4.22. The Labute approximate surface area is 134 Å². The molecule has 1 aromatic rings. The van der Waals surface area contributed by atoms with Crippen molar-refractivity contribution in [2.75, 3.05) is 13.2 Å². The van der Waals surface area contributed by atoms with Crippen LogP contribution in [0.2, 0.25) is 0 Å². The van der Waals surface area contributed by atoms with Crippen LogP contribution < -0.4 is 10.1 Å². The van der Waals surface area contributed by atoms with Gasteiger partial charge in [-0.15, -0.1) is 0 Å². The zero-order valence-electron chi connectivity index (χ0n) is 11.1. The van der Waals surface area contributed by atoms with Crippen LogP contribution in [0.15, 0.2) is 21.1 Å². The maximum atomic E-state index is 10.8. The number of ether oxygens (including phenoxy) is 1. The fourth-order valence-electron chi connectivity index (χ4n) is 1.73. The highest BCUT2D eigenvalue weighted by Crippen LogP contribution is 2.37. The van der Waals surface area contributed by atoms with Crippen LogP contribution in [0, 0.1) is 16.0 Å². The van der Waals surface area contributed by atoms with Crippen molar-refractivity contribution in [1.82, 2.24) is 5.32 Å². The highest BCUT2D eigenvalue weighted by Gasteiger charge is 2.21. The summed E-state index contributed by atoms with van der Waals surface area (Å²) >= 11 is 6.63. The topological polar surface area (TPSA) is 64.4 Å². The first-order valence-corrected chi connectivity index (χ1v) is 8.05. The van der Waals surface area contributed by atoms with Crippen molar-refractivity contribution in [3.63, 3.8) is 0 Å². The molecule has 1 aliphatic rings. The molecular formula is C13H16Br2N2O3. The second-order valence-electron chi connectivity index (χ2n) is 5.09. The normalized spacial score (nSPS) is 15.9. The second-order valence-corrected chi connectivity index (χ2v) is 6.80. The van der Waals surface area contributed by atoms with Crippen LogP contribution in [0.3, 0.4) is 0 Å². The van der Waals surface area contributed by atoms with Gasteiger partial charge in [-0.2, -0.15) is 0 Å². The lowest BCUT2D eigenvalue weighted by atomic mass is 10.2. The zero-order chi connectivity index (χ0) is 14.7. The van der Waals surface area contributed by atoms with Crippen molar-refractivity contribution in [3.05, 3.63) is 31.2 Å². The van der Waals surface area contributed by atoms with E-state index in [9.17, 15) is 10.1 Å². The number of nitrogens with zero attached hydrogens (tertiary/aromatic N) is 1. The van der Waals surface area contributed by atoms with Crippen molar-refractivity contribution < 1.29 is 9.66 Å². The Balaban J connectivity index is 1.92. The van der Waals surface area contributed by atoms with Crippen molar-refractivity contribution in [2.24, 2.45) is 5.92 Å². The van der Waals surface area contributed by atoms with Crippen LogP contribution in [0.5, 0.6) is 5.75 Å². The lowest BCUT2D eigenvalue weighted by Gasteiger charge is -2.15. The van der Waals surface area contributed by atoms with E-state index in [0.717, 1.165) is 6.54 Å². The van der Waals surface area contributed by atoms with Crippen molar-refractivity contribution in [3.8, 4) is 5.75 Å². The molecule has 1 aromatic carbocycles. The second kappa shape index (κ2) is 6.87. The number of nitro benzene ring substituents is 1. The standard InChI is InChI=1S/C13H16Br2N2O3/c1-8(6-16-9-2-3-9)7-20-13-11(14)4-10(17(18)19)5-12(13)15/h4-5,8-9,16H,2-3,6-7H2,1H3. The Kier molecular flexibility index (Phi) is 5.40. The van der Waals surface area contributed by atoms with E-state index in [0.29, 0.717) is 33.3 Å². The molecule has 0 saturated heterocycles. The van der Waals surface area contributed by atoms with Crippen molar-refractivity contribution >= 4 is 37.5 Å². The highest BCUT2D eigenvalue weighted by atomic mass is 79.9. The summed E-state index contributed by atoms with van der Waals surface area (Å²) in [6.45, 7) is 3.60. The van der Waals surface area contributed by atoms with Crippen LogP contribution in [0.1, 0.15) is 19.8 Å². The van der Waals surface area contributed by atoms with Gasteiger partial charge in [-0.05, 0) is 44.7 Å². The van der Waals surface area contributed by atoms with Crippen LogP contribution in [0.4, 0.5) is 5.69 Å². The monoisotopic (exact) mass is 406 g/mol. The maximum absolute atomic E-state index is 10.8. The highest BCUT2D eigenvalue weighted by molar-refractivity contribution is 9.11. The molecule has 0 aromatic heterocycles. The van der Waals surface area contributed by atoms with E-state index in [4.69, 9.17) is 4.74 Å². The van der Waals surface area contributed by atoms with Crippen LogP contribution in [0.25, 0.3) is 0 Å². The molecule has 0 heterocycles. The fourth-order valence-corrected chi connectivity index (χ4v) is 3.12. The molecule has 1 aliphatic carbocycles. The molecule has 0 bridgehead atoms. The van der Waals surface area contributed by atoms with Gasteiger partial charge in [0.2, 0.25) is 0 Å².